The van der Waals surface area contributed by atoms with E-state index in [1.165, 1.54) is 12.8 Å². The molecule has 2 rings (SSSR count). The molecule has 1 amide bonds. The standard InChI is InChI=1S/C13H24N2O2/c1-2-13(14)9-15(10-13)12(16)7-6-11-5-3-4-8-17-11/h11H,2-10,14H2,1H3. The van der Waals surface area contributed by atoms with Gasteiger partial charge in [0.2, 0.25) is 5.91 Å². The minimum absolute atomic E-state index is 0.114. The highest BCUT2D eigenvalue weighted by Crippen LogP contribution is 2.23. The molecule has 0 saturated carbocycles. The van der Waals surface area contributed by atoms with Crippen molar-refractivity contribution in [2.24, 2.45) is 5.73 Å². The number of amides is 1. The normalized spacial score (nSPS) is 27.6. The number of carbonyl (C=O) groups is 1. The number of carbonyl (C=O) groups excluding carboxylic acids is 1. The van der Waals surface area contributed by atoms with Gasteiger partial charge in [-0.3, -0.25) is 4.79 Å². The molecule has 2 fully saturated rings. The van der Waals surface area contributed by atoms with E-state index < -0.39 is 0 Å². The van der Waals surface area contributed by atoms with E-state index in [2.05, 4.69) is 6.92 Å². The fourth-order valence-electron chi connectivity index (χ4n) is 2.59. The monoisotopic (exact) mass is 240 g/mol. The van der Waals surface area contributed by atoms with Crippen LogP contribution in [0, 0.1) is 0 Å². The smallest absolute Gasteiger partial charge is 0.222 e. The van der Waals surface area contributed by atoms with E-state index in [1.54, 1.807) is 0 Å². The van der Waals surface area contributed by atoms with Crippen molar-refractivity contribution in [1.29, 1.82) is 0 Å². The van der Waals surface area contributed by atoms with Crippen LogP contribution in [-0.4, -0.2) is 42.1 Å². The van der Waals surface area contributed by atoms with Crippen LogP contribution in [0.3, 0.4) is 0 Å². The van der Waals surface area contributed by atoms with E-state index in [4.69, 9.17) is 10.5 Å². The highest BCUT2D eigenvalue weighted by atomic mass is 16.5. The average molecular weight is 240 g/mol. The van der Waals surface area contributed by atoms with Crippen LogP contribution in [0.25, 0.3) is 0 Å². The van der Waals surface area contributed by atoms with Crippen LogP contribution < -0.4 is 5.73 Å². The molecule has 4 heteroatoms. The molecule has 1 unspecified atom stereocenters. The average Bonchev–Trinajstić information content (AvgIpc) is 2.33. The van der Waals surface area contributed by atoms with E-state index >= 15 is 0 Å². The summed E-state index contributed by atoms with van der Waals surface area (Å²) in [5, 5.41) is 0. The summed E-state index contributed by atoms with van der Waals surface area (Å²) in [6.07, 6.45) is 6.27. The summed E-state index contributed by atoms with van der Waals surface area (Å²) >= 11 is 0. The number of rotatable bonds is 4. The number of nitrogens with two attached hydrogens (primary N) is 1. The van der Waals surface area contributed by atoms with E-state index in [9.17, 15) is 4.79 Å². The van der Waals surface area contributed by atoms with Crippen LogP contribution in [-0.2, 0) is 9.53 Å². The van der Waals surface area contributed by atoms with E-state index in [1.807, 2.05) is 4.90 Å². The summed E-state index contributed by atoms with van der Waals surface area (Å²) in [6.45, 7) is 4.41. The minimum Gasteiger partial charge on any atom is -0.378 e. The summed E-state index contributed by atoms with van der Waals surface area (Å²) in [6, 6.07) is 0. The van der Waals surface area contributed by atoms with Gasteiger partial charge in [-0.25, -0.2) is 0 Å². The maximum atomic E-state index is 11.9. The summed E-state index contributed by atoms with van der Waals surface area (Å²) in [7, 11) is 0. The highest BCUT2D eigenvalue weighted by Gasteiger charge is 2.40. The molecule has 0 bridgehead atoms. The molecule has 0 aromatic rings. The maximum Gasteiger partial charge on any atom is 0.222 e. The summed E-state index contributed by atoms with van der Waals surface area (Å²) in [5.74, 6) is 0.244. The van der Waals surface area contributed by atoms with Crippen LogP contribution in [0.4, 0.5) is 0 Å². The third kappa shape index (κ3) is 3.19. The Balaban J connectivity index is 1.65. The Morgan fingerprint density at radius 3 is 2.82 bits per heavy atom. The van der Waals surface area contributed by atoms with Crippen molar-refractivity contribution >= 4 is 5.91 Å². The quantitative estimate of drug-likeness (QED) is 0.805. The van der Waals surface area contributed by atoms with Crippen LogP contribution >= 0.6 is 0 Å². The summed E-state index contributed by atoms with van der Waals surface area (Å²) in [4.78, 5) is 13.8. The van der Waals surface area contributed by atoms with Crippen molar-refractivity contribution in [3.63, 3.8) is 0 Å². The molecule has 4 nitrogen and oxygen atoms in total. The SMILES string of the molecule is CCC1(N)CN(C(=O)CCC2CCCCO2)C1. The number of ether oxygens (including phenoxy) is 1. The van der Waals surface area contributed by atoms with E-state index in [0.717, 1.165) is 39.0 Å². The molecule has 98 valence electrons. The van der Waals surface area contributed by atoms with Gasteiger partial charge in [0.15, 0.2) is 0 Å². The Bertz CT molecular complexity index is 269. The minimum atomic E-state index is -0.114. The summed E-state index contributed by atoms with van der Waals surface area (Å²) < 4.78 is 5.63. The lowest BCUT2D eigenvalue weighted by Gasteiger charge is -2.47. The Kier molecular flexibility index (Phi) is 4.05. The van der Waals surface area contributed by atoms with Crippen LogP contribution in [0.15, 0.2) is 0 Å². The molecule has 1 atom stereocenters. The fourth-order valence-corrected chi connectivity index (χ4v) is 2.59. The lowest BCUT2D eigenvalue weighted by Crippen LogP contribution is -2.68. The molecular formula is C13H24N2O2. The zero-order valence-corrected chi connectivity index (χ0v) is 10.8. The fraction of sp³-hybridized carbons (Fsp3) is 0.923. The van der Waals surface area contributed by atoms with Crippen LogP contribution in [0.1, 0.15) is 45.4 Å². The predicted molar refractivity (Wildman–Crippen MR) is 66.6 cm³/mol. The molecule has 0 aliphatic carbocycles. The molecule has 0 radical (unpaired) electrons. The lowest BCUT2D eigenvalue weighted by molar-refractivity contribution is -0.139. The van der Waals surface area contributed by atoms with Crippen LogP contribution in [0.5, 0.6) is 0 Å². The van der Waals surface area contributed by atoms with Gasteiger partial charge in [-0.05, 0) is 32.1 Å². The van der Waals surface area contributed by atoms with Gasteiger partial charge in [0.05, 0.1) is 11.6 Å². The zero-order chi connectivity index (χ0) is 12.3. The Morgan fingerprint density at radius 2 is 2.24 bits per heavy atom. The summed E-state index contributed by atoms with van der Waals surface area (Å²) in [5.41, 5.74) is 5.94. The first kappa shape index (κ1) is 12.8. The third-order valence-corrected chi connectivity index (χ3v) is 4.02. The molecule has 2 N–H and O–H groups in total. The second-order valence-corrected chi connectivity index (χ2v) is 5.49. The first-order valence-electron chi connectivity index (χ1n) is 6.81. The molecule has 2 saturated heterocycles. The predicted octanol–water partition coefficient (Wildman–Crippen LogP) is 1.29. The van der Waals surface area contributed by atoms with Gasteiger partial charge in [0.1, 0.15) is 0 Å². The Morgan fingerprint density at radius 1 is 1.47 bits per heavy atom. The van der Waals surface area contributed by atoms with Gasteiger partial charge >= 0.3 is 0 Å². The van der Waals surface area contributed by atoms with Crippen molar-refractivity contribution in [2.75, 3.05) is 19.7 Å². The molecule has 0 spiro atoms. The van der Waals surface area contributed by atoms with Gasteiger partial charge < -0.3 is 15.4 Å². The van der Waals surface area contributed by atoms with Crippen molar-refractivity contribution in [2.45, 2.75) is 57.1 Å². The Labute approximate surface area is 103 Å². The second-order valence-electron chi connectivity index (χ2n) is 5.49. The van der Waals surface area contributed by atoms with Gasteiger partial charge in [-0.1, -0.05) is 6.92 Å². The topological polar surface area (TPSA) is 55.6 Å². The number of nitrogens with zero attached hydrogens (tertiary/aromatic N) is 1. The molecule has 2 aliphatic heterocycles. The van der Waals surface area contributed by atoms with Crippen molar-refractivity contribution in [3.8, 4) is 0 Å². The van der Waals surface area contributed by atoms with Crippen molar-refractivity contribution < 1.29 is 9.53 Å². The molecule has 2 aliphatic rings. The van der Waals surface area contributed by atoms with E-state index in [-0.39, 0.29) is 11.4 Å². The maximum absolute atomic E-state index is 11.9. The van der Waals surface area contributed by atoms with Crippen LogP contribution in [0.2, 0.25) is 0 Å². The Hall–Kier alpha value is -0.610. The van der Waals surface area contributed by atoms with Gasteiger partial charge in [0, 0.05) is 26.1 Å². The second kappa shape index (κ2) is 5.36. The third-order valence-electron chi connectivity index (χ3n) is 4.02. The largest absolute Gasteiger partial charge is 0.378 e. The lowest BCUT2D eigenvalue weighted by atomic mass is 9.88. The first-order valence-corrected chi connectivity index (χ1v) is 6.81. The molecule has 0 aromatic heterocycles. The van der Waals surface area contributed by atoms with Gasteiger partial charge in [-0.2, -0.15) is 0 Å². The number of hydrogen-bond acceptors (Lipinski definition) is 3. The molecular weight excluding hydrogens is 216 g/mol. The van der Waals surface area contributed by atoms with Crippen molar-refractivity contribution in [1.82, 2.24) is 4.90 Å². The first-order chi connectivity index (χ1) is 8.13. The van der Waals surface area contributed by atoms with E-state index in [0.29, 0.717) is 12.5 Å². The number of likely N-dealkylation sites (tertiary alicyclic amines) is 1. The van der Waals surface area contributed by atoms with Gasteiger partial charge in [0.25, 0.3) is 0 Å². The molecule has 17 heavy (non-hydrogen) atoms. The molecule has 2 heterocycles. The van der Waals surface area contributed by atoms with Crippen molar-refractivity contribution in [3.05, 3.63) is 0 Å². The molecule has 0 aromatic carbocycles. The van der Waals surface area contributed by atoms with Gasteiger partial charge in [-0.15, -0.1) is 0 Å². The number of hydrogen-bond donors (Lipinski definition) is 1. The highest BCUT2D eigenvalue weighted by molar-refractivity contribution is 5.77. The zero-order valence-electron chi connectivity index (χ0n) is 10.8.